The van der Waals surface area contributed by atoms with E-state index in [1.165, 1.54) is 30.3 Å². The SMILES string of the molecule is CCCOC(=O)c1cccc(N2C(=O)C(O)=C(C(=O)c3cc4cc(Cl)cc(OC)c4o3)C2c2cccnc2)c1. The van der Waals surface area contributed by atoms with Gasteiger partial charge in [0.15, 0.2) is 22.9 Å². The highest BCUT2D eigenvalue weighted by Crippen LogP contribution is 2.43. The standard InChI is InChI=1S/C29H23ClN2O7/c1-3-10-38-29(36)16-6-4-8-20(12-16)32-24(17-7-5-9-31-15-17)23(26(34)28(32)35)25(33)21-13-18-11-19(30)14-22(37-2)27(18)39-21/h4-9,11-15,24,34H,3,10H2,1-2H3. The van der Waals surface area contributed by atoms with Gasteiger partial charge in [0.1, 0.15) is 0 Å². The first-order chi connectivity index (χ1) is 18.8. The van der Waals surface area contributed by atoms with Gasteiger partial charge >= 0.3 is 5.97 Å². The highest BCUT2D eigenvalue weighted by molar-refractivity contribution is 6.31. The summed E-state index contributed by atoms with van der Waals surface area (Å²) in [4.78, 5) is 45.2. The van der Waals surface area contributed by atoms with Crippen LogP contribution in [-0.2, 0) is 9.53 Å². The minimum atomic E-state index is -1.06. The molecule has 198 valence electrons. The molecule has 1 atom stereocenters. The van der Waals surface area contributed by atoms with Crippen molar-refractivity contribution in [1.29, 1.82) is 0 Å². The van der Waals surface area contributed by atoms with Crippen molar-refractivity contribution < 1.29 is 33.4 Å². The number of nitrogens with zero attached hydrogens (tertiary/aromatic N) is 2. The predicted molar refractivity (Wildman–Crippen MR) is 143 cm³/mol. The lowest BCUT2D eigenvalue weighted by Crippen LogP contribution is -2.31. The van der Waals surface area contributed by atoms with E-state index in [4.69, 9.17) is 25.5 Å². The third-order valence-electron chi connectivity index (χ3n) is 6.24. The summed E-state index contributed by atoms with van der Waals surface area (Å²) in [6.45, 7) is 2.13. The number of carbonyl (C=O) groups is 3. The molecule has 1 aliphatic rings. The van der Waals surface area contributed by atoms with Crippen molar-refractivity contribution in [3.63, 3.8) is 0 Å². The van der Waals surface area contributed by atoms with E-state index in [1.807, 2.05) is 6.92 Å². The average molecular weight is 547 g/mol. The van der Waals surface area contributed by atoms with Gasteiger partial charge in [-0.05, 0) is 48.4 Å². The first-order valence-electron chi connectivity index (χ1n) is 12.1. The summed E-state index contributed by atoms with van der Waals surface area (Å²) in [5.74, 6) is -2.60. The van der Waals surface area contributed by atoms with Crippen molar-refractivity contribution in [2.24, 2.45) is 0 Å². The van der Waals surface area contributed by atoms with Gasteiger partial charge in [0.2, 0.25) is 5.78 Å². The Hall–Kier alpha value is -4.63. The molecule has 0 saturated carbocycles. The number of anilines is 1. The molecule has 5 rings (SSSR count). The van der Waals surface area contributed by atoms with Crippen molar-refractivity contribution in [3.8, 4) is 5.75 Å². The monoisotopic (exact) mass is 546 g/mol. The summed E-state index contributed by atoms with van der Waals surface area (Å²) in [5, 5.41) is 11.9. The molecule has 10 heteroatoms. The largest absolute Gasteiger partial charge is 0.503 e. The molecule has 1 unspecified atom stereocenters. The van der Waals surface area contributed by atoms with Crippen LogP contribution in [0.4, 0.5) is 5.69 Å². The molecule has 0 spiro atoms. The quantitative estimate of drug-likeness (QED) is 0.216. The molecular weight excluding hydrogens is 524 g/mol. The molecule has 2 aromatic heterocycles. The van der Waals surface area contributed by atoms with Crippen molar-refractivity contribution in [3.05, 3.63) is 100 Å². The molecular formula is C29H23ClN2O7. The summed E-state index contributed by atoms with van der Waals surface area (Å²) in [5.41, 5.74) is 1.07. The third kappa shape index (κ3) is 4.72. The zero-order valence-electron chi connectivity index (χ0n) is 21.0. The summed E-state index contributed by atoms with van der Waals surface area (Å²) >= 11 is 6.17. The summed E-state index contributed by atoms with van der Waals surface area (Å²) in [6, 6.07) is 13.2. The molecule has 0 saturated heterocycles. The molecule has 39 heavy (non-hydrogen) atoms. The van der Waals surface area contributed by atoms with Gasteiger partial charge in [-0.3, -0.25) is 19.5 Å². The van der Waals surface area contributed by atoms with Crippen LogP contribution in [0.5, 0.6) is 5.75 Å². The maximum absolute atomic E-state index is 13.9. The van der Waals surface area contributed by atoms with Gasteiger partial charge in [-0.2, -0.15) is 0 Å². The third-order valence-corrected chi connectivity index (χ3v) is 6.46. The van der Waals surface area contributed by atoms with Gasteiger partial charge in [0.05, 0.1) is 30.9 Å². The van der Waals surface area contributed by atoms with Crippen LogP contribution < -0.4 is 9.64 Å². The lowest BCUT2D eigenvalue weighted by molar-refractivity contribution is -0.117. The van der Waals surface area contributed by atoms with Crippen LogP contribution in [0, 0.1) is 0 Å². The minimum Gasteiger partial charge on any atom is -0.503 e. The number of fused-ring (bicyclic) bond motifs is 1. The molecule has 0 fully saturated rings. The number of aliphatic hydroxyl groups is 1. The Kier molecular flexibility index (Phi) is 7.08. The Balaban J connectivity index is 1.61. The molecule has 9 nitrogen and oxygen atoms in total. The van der Waals surface area contributed by atoms with E-state index < -0.39 is 29.5 Å². The number of rotatable bonds is 8. The van der Waals surface area contributed by atoms with E-state index in [0.29, 0.717) is 33.7 Å². The van der Waals surface area contributed by atoms with Crippen LogP contribution in [-0.4, -0.2) is 41.5 Å². The van der Waals surface area contributed by atoms with Crippen LogP contribution in [0.15, 0.2) is 82.7 Å². The topological polar surface area (TPSA) is 119 Å². The second-order valence-corrected chi connectivity index (χ2v) is 9.22. The second kappa shape index (κ2) is 10.6. The number of aliphatic hydroxyl groups excluding tert-OH is 1. The number of pyridine rings is 1. The molecule has 0 aliphatic carbocycles. The van der Waals surface area contributed by atoms with Gasteiger partial charge in [0.25, 0.3) is 5.91 Å². The maximum atomic E-state index is 13.9. The fourth-order valence-corrected chi connectivity index (χ4v) is 4.72. The van der Waals surface area contributed by atoms with E-state index in [1.54, 1.807) is 48.7 Å². The fraction of sp³-hybridized carbons (Fsp3) is 0.172. The number of aromatic nitrogens is 1. The summed E-state index contributed by atoms with van der Waals surface area (Å²) in [6.07, 6.45) is 3.70. The maximum Gasteiger partial charge on any atom is 0.338 e. The number of amides is 1. The number of hydrogen-bond acceptors (Lipinski definition) is 8. The smallest absolute Gasteiger partial charge is 0.338 e. The molecule has 1 amide bonds. The number of carbonyl (C=O) groups excluding carboxylic acids is 3. The number of Topliss-reactive ketones (excluding diaryl/α,β-unsaturated/α-hetero) is 1. The first kappa shape index (κ1) is 26.0. The van der Waals surface area contributed by atoms with Crippen molar-refractivity contribution in [2.45, 2.75) is 19.4 Å². The van der Waals surface area contributed by atoms with Crippen LogP contribution >= 0.6 is 11.6 Å². The number of halogens is 1. The number of benzene rings is 2. The average Bonchev–Trinajstić information content (AvgIpc) is 3.50. The van der Waals surface area contributed by atoms with E-state index in [2.05, 4.69) is 4.98 Å². The van der Waals surface area contributed by atoms with Gasteiger partial charge < -0.3 is 19.0 Å². The van der Waals surface area contributed by atoms with Crippen LogP contribution in [0.1, 0.15) is 45.9 Å². The lowest BCUT2D eigenvalue weighted by atomic mass is 9.95. The Labute approximate surface area is 228 Å². The number of ether oxygens (including phenoxy) is 2. The highest BCUT2D eigenvalue weighted by atomic mass is 35.5. The summed E-state index contributed by atoms with van der Waals surface area (Å²) in [7, 11) is 1.45. The van der Waals surface area contributed by atoms with Crippen molar-refractivity contribution in [1.82, 2.24) is 4.98 Å². The zero-order valence-corrected chi connectivity index (χ0v) is 21.8. The molecule has 4 aromatic rings. The van der Waals surface area contributed by atoms with E-state index in [-0.39, 0.29) is 29.2 Å². The Morgan fingerprint density at radius 3 is 2.69 bits per heavy atom. The molecule has 3 heterocycles. The first-order valence-corrected chi connectivity index (χ1v) is 12.5. The van der Waals surface area contributed by atoms with Crippen molar-refractivity contribution in [2.75, 3.05) is 18.6 Å². The van der Waals surface area contributed by atoms with Gasteiger partial charge in [-0.1, -0.05) is 30.7 Å². The van der Waals surface area contributed by atoms with E-state index >= 15 is 0 Å². The van der Waals surface area contributed by atoms with Gasteiger partial charge in [-0.15, -0.1) is 0 Å². The van der Waals surface area contributed by atoms with Crippen LogP contribution in [0.25, 0.3) is 11.0 Å². The number of hydrogen-bond donors (Lipinski definition) is 1. The normalized spacial score (nSPS) is 15.2. The minimum absolute atomic E-state index is 0.118. The van der Waals surface area contributed by atoms with E-state index in [0.717, 1.165) is 0 Å². The highest BCUT2D eigenvalue weighted by Gasteiger charge is 2.45. The predicted octanol–water partition coefficient (Wildman–Crippen LogP) is 5.84. The zero-order chi connectivity index (χ0) is 27.7. The summed E-state index contributed by atoms with van der Waals surface area (Å²) < 4.78 is 16.4. The number of esters is 1. The van der Waals surface area contributed by atoms with E-state index in [9.17, 15) is 19.5 Å². The number of furan rings is 1. The lowest BCUT2D eigenvalue weighted by Gasteiger charge is -2.26. The molecule has 1 N–H and O–H groups in total. The Morgan fingerprint density at radius 1 is 1.15 bits per heavy atom. The molecule has 0 radical (unpaired) electrons. The fourth-order valence-electron chi connectivity index (χ4n) is 4.50. The Bertz CT molecular complexity index is 1630. The molecule has 0 bridgehead atoms. The molecule has 2 aromatic carbocycles. The van der Waals surface area contributed by atoms with Gasteiger partial charge in [-0.25, -0.2) is 4.79 Å². The number of methoxy groups -OCH3 is 1. The van der Waals surface area contributed by atoms with Crippen molar-refractivity contribution >= 4 is 45.9 Å². The van der Waals surface area contributed by atoms with Crippen LogP contribution in [0.2, 0.25) is 5.02 Å². The molecule has 1 aliphatic heterocycles. The second-order valence-electron chi connectivity index (χ2n) is 8.78. The van der Waals surface area contributed by atoms with Crippen LogP contribution in [0.3, 0.4) is 0 Å². The van der Waals surface area contributed by atoms with Gasteiger partial charge in [0, 0.05) is 34.6 Å². The number of ketones is 1. The Morgan fingerprint density at radius 2 is 1.97 bits per heavy atom.